The van der Waals surface area contributed by atoms with Crippen molar-refractivity contribution in [3.05, 3.63) is 0 Å². The molecular weight excluding hydrogens is 244 g/mol. The van der Waals surface area contributed by atoms with Gasteiger partial charge in [0.25, 0.3) is 0 Å². The van der Waals surface area contributed by atoms with Crippen molar-refractivity contribution in [3.63, 3.8) is 0 Å². The van der Waals surface area contributed by atoms with E-state index in [2.05, 4.69) is 17.6 Å². The molecule has 0 radical (unpaired) electrons. The third-order valence-corrected chi connectivity index (χ3v) is 3.85. The number of rotatable bonds is 6. The van der Waals surface area contributed by atoms with Crippen LogP contribution in [0, 0.1) is 11.8 Å². The quantitative estimate of drug-likeness (QED) is 0.693. The van der Waals surface area contributed by atoms with Gasteiger partial charge in [-0.05, 0) is 31.1 Å². The average molecular weight is 270 g/mol. The third-order valence-electron chi connectivity index (χ3n) is 3.85. The first kappa shape index (κ1) is 15.8. The summed E-state index contributed by atoms with van der Waals surface area (Å²) in [6.45, 7) is 4.82. The lowest BCUT2D eigenvalue weighted by atomic mass is 9.82. The second-order valence-electron chi connectivity index (χ2n) is 5.70. The van der Waals surface area contributed by atoms with Gasteiger partial charge in [0.2, 0.25) is 0 Å². The molecule has 110 valence electrons. The van der Waals surface area contributed by atoms with Crippen molar-refractivity contribution in [1.29, 1.82) is 0 Å². The summed E-state index contributed by atoms with van der Waals surface area (Å²) in [6, 6.07) is -0.533. The van der Waals surface area contributed by atoms with E-state index >= 15 is 0 Å². The van der Waals surface area contributed by atoms with Crippen LogP contribution in [0.25, 0.3) is 0 Å². The molecule has 0 bridgehead atoms. The van der Waals surface area contributed by atoms with Gasteiger partial charge in [0, 0.05) is 12.6 Å². The van der Waals surface area contributed by atoms with Crippen molar-refractivity contribution in [1.82, 2.24) is 10.6 Å². The second-order valence-corrected chi connectivity index (χ2v) is 5.70. The molecule has 3 unspecified atom stereocenters. The van der Waals surface area contributed by atoms with Crippen LogP contribution in [0.2, 0.25) is 0 Å². The molecule has 5 nitrogen and oxygen atoms in total. The monoisotopic (exact) mass is 270 g/mol. The number of amides is 2. The fraction of sp³-hybridized carbons (Fsp3) is 0.857. The number of carbonyl (C=O) groups is 2. The normalized spacial score (nSPS) is 24.5. The Morgan fingerprint density at radius 1 is 1.37 bits per heavy atom. The minimum atomic E-state index is -0.881. The Bertz CT molecular complexity index is 307. The number of aliphatic carboxylic acids is 1. The summed E-state index contributed by atoms with van der Waals surface area (Å²) in [7, 11) is 0. The molecule has 19 heavy (non-hydrogen) atoms. The van der Waals surface area contributed by atoms with Crippen molar-refractivity contribution in [2.75, 3.05) is 6.54 Å². The zero-order chi connectivity index (χ0) is 14.3. The summed E-state index contributed by atoms with van der Waals surface area (Å²) in [6.07, 6.45) is 5.49. The Kier molecular flexibility index (Phi) is 6.67. The van der Waals surface area contributed by atoms with Crippen molar-refractivity contribution in [3.8, 4) is 0 Å². The van der Waals surface area contributed by atoms with Gasteiger partial charge in [-0.25, -0.2) is 4.79 Å². The van der Waals surface area contributed by atoms with Crippen LogP contribution in [-0.4, -0.2) is 29.7 Å². The Morgan fingerprint density at radius 3 is 2.68 bits per heavy atom. The molecule has 3 atom stereocenters. The molecule has 0 saturated heterocycles. The van der Waals surface area contributed by atoms with E-state index in [1.165, 1.54) is 25.7 Å². The van der Waals surface area contributed by atoms with Gasteiger partial charge in [-0.3, -0.25) is 4.79 Å². The molecule has 0 aromatic rings. The predicted octanol–water partition coefficient (Wildman–Crippen LogP) is 2.37. The molecule has 1 saturated carbocycles. The van der Waals surface area contributed by atoms with Crippen molar-refractivity contribution < 1.29 is 14.7 Å². The topological polar surface area (TPSA) is 78.4 Å². The van der Waals surface area contributed by atoms with Crippen LogP contribution in [0.4, 0.5) is 4.79 Å². The van der Waals surface area contributed by atoms with Gasteiger partial charge in [0.1, 0.15) is 0 Å². The molecular formula is C14H26N2O3. The molecule has 0 aliphatic heterocycles. The molecule has 1 aliphatic carbocycles. The first-order valence-electron chi connectivity index (χ1n) is 7.27. The second kappa shape index (κ2) is 8.02. The summed E-state index contributed by atoms with van der Waals surface area (Å²) in [4.78, 5) is 22.3. The van der Waals surface area contributed by atoms with Gasteiger partial charge in [-0.15, -0.1) is 0 Å². The smallest absolute Gasteiger partial charge is 0.315 e. The van der Waals surface area contributed by atoms with Gasteiger partial charge >= 0.3 is 12.0 Å². The highest BCUT2D eigenvalue weighted by Crippen LogP contribution is 2.27. The number of nitrogens with one attached hydrogen (secondary N) is 2. The van der Waals surface area contributed by atoms with Gasteiger partial charge in [-0.2, -0.15) is 0 Å². The van der Waals surface area contributed by atoms with E-state index in [0.717, 1.165) is 5.92 Å². The molecule has 0 aromatic carbocycles. The van der Waals surface area contributed by atoms with Crippen molar-refractivity contribution in [2.45, 2.75) is 58.4 Å². The first-order valence-corrected chi connectivity index (χ1v) is 7.27. The lowest BCUT2D eigenvalue weighted by Crippen LogP contribution is -2.44. The van der Waals surface area contributed by atoms with Crippen molar-refractivity contribution >= 4 is 12.0 Å². The SMILES string of the molecule is CCC(CC(=O)O)NC(=O)NCC1CCCC(C)C1. The fourth-order valence-corrected chi connectivity index (χ4v) is 2.73. The van der Waals surface area contributed by atoms with Gasteiger partial charge in [0.15, 0.2) is 0 Å². The molecule has 1 aliphatic rings. The molecule has 5 heteroatoms. The maximum absolute atomic E-state index is 11.7. The van der Waals surface area contributed by atoms with Crippen LogP contribution < -0.4 is 10.6 Å². The lowest BCUT2D eigenvalue weighted by molar-refractivity contribution is -0.137. The Hall–Kier alpha value is -1.26. The van der Waals surface area contributed by atoms with E-state index < -0.39 is 5.97 Å². The summed E-state index contributed by atoms with van der Waals surface area (Å²) in [5.74, 6) is 0.432. The van der Waals surface area contributed by atoms with Gasteiger partial charge < -0.3 is 15.7 Å². The summed E-state index contributed by atoms with van der Waals surface area (Å²) in [5, 5.41) is 14.3. The highest BCUT2D eigenvalue weighted by atomic mass is 16.4. The van der Waals surface area contributed by atoms with Gasteiger partial charge in [0.05, 0.1) is 6.42 Å². The minimum Gasteiger partial charge on any atom is -0.481 e. The predicted molar refractivity (Wildman–Crippen MR) is 74.0 cm³/mol. The Morgan fingerprint density at radius 2 is 2.11 bits per heavy atom. The maximum Gasteiger partial charge on any atom is 0.315 e. The summed E-state index contributed by atoms with van der Waals surface area (Å²) < 4.78 is 0. The summed E-state index contributed by atoms with van der Waals surface area (Å²) >= 11 is 0. The minimum absolute atomic E-state index is 0.0234. The van der Waals surface area contributed by atoms with E-state index in [1.54, 1.807) is 0 Å². The van der Waals surface area contributed by atoms with Gasteiger partial charge in [-0.1, -0.05) is 26.7 Å². The largest absolute Gasteiger partial charge is 0.481 e. The van der Waals surface area contributed by atoms with E-state index in [-0.39, 0.29) is 18.5 Å². The highest BCUT2D eigenvalue weighted by Gasteiger charge is 2.20. The first-order chi connectivity index (χ1) is 9.01. The van der Waals surface area contributed by atoms with Crippen LogP contribution in [0.5, 0.6) is 0 Å². The summed E-state index contributed by atoms with van der Waals surface area (Å²) in [5.41, 5.74) is 0. The number of hydrogen-bond donors (Lipinski definition) is 3. The zero-order valence-electron chi connectivity index (χ0n) is 11.9. The van der Waals surface area contributed by atoms with Crippen LogP contribution in [0.15, 0.2) is 0 Å². The molecule has 0 heterocycles. The van der Waals surface area contributed by atoms with E-state index in [1.807, 2.05) is 6.92 Å². The molecule has 2 amide bonds. The molecule has 3 N–H and O–H groups in total. The Labute approximate surface area is 115 Å². The number of carboxylic acids is 1. The molecule has 0 spiro atoms. The highest BCUT2D eigenvalue weighted by molar-refractivity contribution is 5.75. The number of hydrogen-bond acceptors (Lipinski definition) is 2. The number of urea groups is 1. The van der Waals surface area contributed by atoms with E-state index in [9.17, 15) is 9.59 Å². The average Bonchev–Trinajstić information content (AvgIpc) is 2.35. The third kappa shape index (κ3) is 6.45. The molecule has 1 rings (SSSR count). The van der Waals surface area contributed by atoms with E-state index in [4.69, 9.17) is 5.11 Å². The Balaban J connectivity index is 2.24. The number of carboxylic acid groups (broad SMARTS) is 1. The molecule has 0 aromatic heterocycles. The van der Waals surface area contributed by atoms with Crippen LogP contribution in [0.1, 0.15) is 52.4 Å². The van der Waals surface area contributed by atoms with Crippen LogP contribution >= 0.6 is 0 Å². The fourth-order valence-electron chi connectivity index (χ4n) is 2.73. The van der Waals surface area contributed by atoms with Crippen molar-refractivity contribution in [2.24, 2.45) is 11.8 Å². The lowest BCUT2D eigenvalue weighted by Gasteiger charge is -2.27. The van der Waals surface area contributed by atoms with Crippen LogP contribution in [0.3, 0.4) is 0 Å². The zero-order valence-corrected chi connectivity index (χ0v) is 11.9. The molecule has 1 fully saturated rings. The number of carbonyl (C=O) groups excluding carboxylic acids is 1. The standard InChI is InChI=1S/C14H26N2O3/c1-3-12(8-13(17)18)16-14(19)15-9-11-6-4-5-10(2)7-11/h10-12H,3-9H2,1-2H3,(H,17,18)(H2,15,16,19). The maximum atomic E-state index is 11.7. The van der Waals surface area contributed by atoms with E-state index in [0.29, 0.717) is 18.9 Å². The van der Waals surface area contributed by atoms with Crippen LogP contribution in [-0.2, 0) is 4.79 Å².